The number of imide groups is 1. The number of nitrogens with zero attached hydrogens (tertiary/aromatic N) is 3. The van der Waals surface area contributed by atoms with E-state index in [0.717, 1.165) is 10.5 Å². The van der Waals surface area contributed by atoms with Gasteiger partial charge in [0.2, 0.25) is 17.7 Å². The van der Waals surface area contributed by atoms with Crippen molar-refractivity contribution < 1.29 is 33.8 Å². The normalized spacial score (nSPS) is 14.9. The second kappa shape index (κ2) is 22.4. The van der Waals surface area contributed by atoms with Crippen LogP contribution in [0, 0.1) is 11.8 Å². The van der Waals surface area contributed by atoms with Crippen LogP contribution in [0.5, 0.6) is 0 Å². The molecule has 2 aromatic heterocycles. The van der Waals surface area contributed by atoms with Gasteiger partial charge in [-0.25, -0.2) is 14.7 Å². The fraction of sp³-hybridized carbons (Fsp3) is 0.432. The second-order valence-corrected chi connectivity index (χ2v) is 15.8. The van der Waals surface area contributed by atoms with Gasteiger partial charge < -0.3 is 42.2 Å². The van der Waals surface area contributed by atoms with Crippen molar-refractivity contribution in [3.05, 3.63) is 120 Å². The zero-order valence-corrected chi connectivity index (χ0v) is 34.9. The zero-order valence-electron chi connectivity index (χ0n) is 34.9. The van der Waals surface area contributed by atoms with Crippen LogP contribution in [0.3, 0.4) is 0 Å². The Kier molecular flexibility index (Phi) is 17.5. The standard InChI is InChI=1S/C44H59N9O7/c1-6-28(2)37(41(57)49-26-31-19-13-14-20-48-31)52-39(55)33(24-45)38(54)36(22-30-17-11-8-12-18-30)53(43(59)60-44(3,4)5)42(58)35(23-32-25-47-27-50-32)51-40(56)34(46)21-29-15-9-7-10-16-29/h7-20,25,27-28,33-38,54H,6,21-24,26,45-46H2,1-5H3,(H,47,50)(H,49,57)(H,51,56)(H,52,55)/t28-,33?,34-,35-,36?,37-,38?/m0/s1. The molecular weight excluding hydrogens is 767 g/mol. The van der Waals surface area contributed by atoms with Crippen LogP contribution in [0.2, 0.25) is 0 Å². The van der Waals surface area contributed by atoms with Gasteiger partial charge >= 0.3 is 6.09 Å². The van der Waals surface area contributed by atoms with E-state index in [2.05, 4.69) is 30.9 Å². The number of nitrogens with two attached hydrogens (primary N) is 2. The number of H-pyrrole nitrogens is 1. The summed E-state index contributed by atoms with van der Waals surface area (Å²) in [5, 5.41) is 20.7. The highest BCUT2D eigenvalue weighted by atomic mass is 16.6. The van der Waals surface area contributed by atoms with Crippen molar-refractivity contribution in [1.29, 1.82) is 0 Å². The zero-order chi connectivity index (χ0) is 43.8. The molecule has 2 heterocycles. The van der Waals surface area contributed by atoms with Gasteiger partial charge in [0.1, 0.15) is 17.7 Å². The number of aromatic nitrogens is 3. The second-order valence-electron chi connectivity index (χ2n) is 15.8. The molecule has 0 radical (unpaired) electrons. The molecule has 60 heavy (non-hydrogen) atoms. The van der Waals surface area contributed by atoms with Crippen molar-refractivity contribution in [2.45, 2.75) is 103 Å². The monoisotopic (exact) mass is 825 g/mol. The summed E-state index contributed by atoms with van der Waals surface area (Å²) in [6, 6.07) is 18.2. The molecule has 3 unspecified atom stereocenters. The average Bonchev–Trinajstić information content (AvgIpc) is 3.75. The van der Waals surface area contributed by atoms with Crippen LogP contribution in [0.1, 0.15) is 63.6 Å². The maximum Gasteiger partial charge on any atom is 0.417 e. The summed E-state index contributed by atoms with van der Waals surface area (Å²) in [6.45, 7) is 8.21. The highest BCUT2D eigenvalue weighted by molar-refractivity contribution is 5.98. The van der Waals surface area contributed by atoms with Crippen LogP contribution in [0.25, 0.3) is 0 Å². The Morgan fingerprint density at radius 3 is 2.02 bits per heavy atom. The summed E-state index contributed by atoms with van der Waals surface area (Å²) in [6.07, 6.45) is 1.97. The van der Waals surface area contributed by atoms with Gasteiger partial charge in [-0.2, -0.15) is 0 Å². The van der Waals surface area contributed by atoms with Crippen molar-refractivity contribution in [3.63, 3.8) is 0 Å². The van der Waals surface area contributed by atoms with Crippen LogP contribution in [-0.4, -0.2) is 97.1 Å². The number of ether oxygens (including phenoxy) is 1. The molecule has 16 nitrogen and oxygen atoms in total. The summed E-state index contributed by atoms with van der Waals surface area (Å²) in [5.41, 5.74) is 13.9. The first-order chi connectivity index (χ1) is 28.6. The quantitative estimate of drug-likeness (QED) is 0.0683. The van der Waals surface area contributed by atoms with Crippen molar-refractivity contribution in [2.75, 3.05) is 6.54 Å². The Hall–Kier alpha value is -5.97. The topological polar surface area (TPSA) is 248 Å². The van der Waals surface area contributed by atoms with Crippen LogP contribution < -0.4 is 27.4 Å². The molecule has 4 rings (SSSR count). The Morgan fingerprint density at radius 1 is 0.833 bits per heavy atom. The van der Waals surface area contributed by atoms with Gasteiger partial charge in [-0.1, -0.05) is 87.0 Å². The number of nitrogens with one attached hydrogen (secondary N) is 4. The molecule has 0 fully saturated rings. The van der Waals surface area contributed by atoms with E-state index < -0.39 is 78.1 Å². The molecule has 0 saturated carbocycles. The van der Waals surface area contributed by atoms with E-state index in [1.54, 1.807) is 88.6 Å². The lowest BCUT2D eigenvalue weighted by Crippen LogP contribution is -2.63. The van der Waals surface area contributed by atoms with E-state index in [1.807, 2.05) is 37.3 Å². The molecule has 9 N–H and O–H groups in total. The largest absolute Gasteiger partial charge is 0.443 e. The van der Waals surface area contributed by atoms with Crippen molar-refractivity contribution in [1.82, 2.24) is 35.8 Å². The van der Waals surface area contributed by atoms with Gasteiger partial charge in [-0.05, 0) is 62.8 Å². The Balaban J connectivity index is 1.73. The molecule has 7 atom stereocenters. The molecule has 0 spiro atoms. The molecule has 2 aromatic carbocycles. The first-order valence-corrected chi connectivity index (χ1v) is 20.1. The molecule has 0 aliphatic heterocycles. The van der Waals surface area contributed by atoms with Crippen molar-refractivity contribution >= 4 is 29.7 Å². The number of carbonyl (C=O) groups is 5. The van der Waals surface area contributed by atoms with E-state index in [9.17, 15) is 24.3 Å². The van der Waals surface area contributed by atoms with Gasteiger partial charge in [0, 0.05) is 25.4 Å². The average molecular weight is 826 g/mol. The van der Waals surface area contributed by atoms with Crippen molar-refractivity contribution in [3.8, 4) is 0 Å². The van der Waals surface area contributed by atoms with Crippen LogP contribution in [0.4, 0.5) is 4.79 Å². The SMILES string of the molecule is CC[C@H](C)[C@H](NC(=O)C(CN)C(O)C(Cc1ccccc1)N(C(=O)OC(C)(C)C)C(=O)[C@H](Cc1c[nH]cn1)NC(=O)[C@@H](N)Cc1ccccc1)C(=O)NCc1ccccn1. The Labute approximate surface area is 351 Å². The van der Waals surface area contributed by atoms with E-state index in [4.69, 9.17) is 16.2 Å². The van der Waals surface area contributed by atoms with Crippen LogP contribution in [0.15, 0.2) is 97.6 Å². The highest BCUT2D eigenvalue weighted by Crippen LogP contribution is 2.24. The third-order valence-electron chi connectivity index (χ3n) is 10.0. The van der Waals surface area contributed by atoms with E-state index in [0.29, 0.717) is 23.4 Å². The molecule has 0 aliphatic rings. The predicted octanol–water partition coefficient (Wildman–Crippen LogP) is 2.56. The minimum atomic E-state index is -1.80. The first kappa shape index (κ1) is 46.7. The number of rotatable bonds is 20. The highest BCUT2D eigenvalue weighted by Gasteiger charge is 2.45. The number of aliphatic hydroxyl groups is 1. The van der Waals surface area contributed by atoms with E-state index in [-0.39, 0.29) is 31.7 Å². The third-order valence-corrected chi connectivity index (χ3v) is 10.0. The number of amides is 5. The minimum absolute atomic E-state index is 0.116. The molecule has 5 amide bonds. The summed E-state index contributed by atoms with van der Waals surface area (Å²) in [4.78, 5) is 83.0. The molecule has 16 heteroatoms. The first-order valence-electron chi connectivity index (χ1n) is 20.1. The molecule has 0 saturated heterocycles. The van der Waals surface area contributed by atoms with E-state index in [1.165, 1.54) is 6.33 Å². The number of pyridine rings is 1. The molecule has 0 aliphatic carbocycles. The number of hydrogen-bond acceptors (Lipinski definition) is 11. The summed E-state index contributed by atoms with van der Waals surface area (Å²) < 4.78 is 5.79. The number of aromatic amines is 1. The maximum atomic E-state index is 15.0. The Morgan fingerprint density at radius 2 is 1.47 bits per heavy atom. The number of imidazole rings is 1. The van der Waals surface area contributed by atoms with Crippen molar-refractivity contribution in [2.24, 2.45) is 23.3 Å². The fourth-order valence-electron chi connectivity index (χ4n) is 6.56. The van der Waals surface area contributed by atoms with Gasteiger partial charge in [0.15, 0.2) is 0 Å². The minimum Gasteiger partial charge on any atom is -0.443 e. The lowest BCUT2D eigenvalue weighted by atomic mass is 9.88. The Bertz CT molecular complexity index is 1960. The number of benzene rings is 2. The van der Waals surface area contributed by atoms with Gasteiger partial charge in [0.25, 0.3) is 5.91 Å². The molecule has 322 valence electrons. The lowest BCUT2D eigenvalue weighted by molar-refractivity contribution is -0.143. The molecular formula is C44H59N9O7. The smallest absolute Gasteiger partial charge is 0.417 e. The third kappa shape index (κ3) is 13.8. The van der Waals surface area contributed by atoms with Gasteiger partial charge in [-0.15, -0.1) is 0 Å². The summed E-state index contributed by atoms with van der Waals surface area (Å²) >= 11 is 0. The number of carbonyl (C=O) groups excluding carboxylic acids is 5. The predicted molar refractivity (Wildman–Crippen MR) is 225 cm³/mol. The molecule has 4 aromatic rings. The number of hydrogen-bond donors (Lipinski definition) is 7. The fourth-order valence-corrected chi connectivity index (χ4v) is 6.56. The van der Waals surface area contributed by atoms with Crippen LogP contribution >= 0.6 is 0 Å². The lowest BCUT2D eigenvalue weighted by Gasteiger charge is -2.39. The summed E-state index contributed by atoms with van der Waals surface area (Å²) in [5.74, 6) is -4.64. The number of aliphatic hydroxyl groups excluding tert-OH is 1. The van der Waals surface area contributed by atoms with Gasteiger partial charge in [-0.3, -0.25) is 24.2 Å². The van der Waals surface area contributed by atoms with E-state index >= 15 is 4.79 Å². The summed E-state index contributed by atoms with van der Waals surface area (Å²) in [7, 11) is 0. The van der Waals surface area contributed by atoms with Crippen LogP contribution in [-0.2, 0) is 49.7 Å². The van der Waals surface area contributed by atoms with Gasteiger partial charge in [0.05, 0.1) is 48.4 Å². The maximum absolute atomic E-state index is 15.0. The molecule has 0 bridgehead atoms.